The molecule has 0 fully saturated rings. The van der Waals surface area contributed by atoms with E-state index in [-0.39, 0.29) is 0 Å². The van der Waals surface area contributed by atoms with E-state index in [1.807, 2.05) is 36.5 Å². The summed E-state index contributed by atoms with van der Waals surface area (Å²) in [5.41, 5.74) is 8.01. The van der Waals surface area contributed by atoms with Gasteiger partial charge in [-0.05, 0) is 47.6 Å². The second kappa shape index (κ2) is 5.81. The van der Waals surface area contributed by atoms with Crippen molar-refractivity contribution in [3.05, 3.63) is 88.7 Å². The summed E-state index contributed by atoms with van der Waals surface area (Å²) in [7, 11) is 0. The van der Waals surface area contributed by atoms with Gasteiger partial charge in [-0.2, -0.15) is 0 Å². The number of benzene rings is 2. The molecule has 0 saturated carbocycles. The fourth-order valence-electron chi connectivity index (χ4n) is 3.39. The van der Waals surface area contributed by atoms with E-state index in [4.69, 9.17) is 4.98 Å². The van der Waals surface area contributed by atoms with E-state index >= 15 is 0 Å². The van der Waals surface area contributed by atoms with E-state index in [0.29, 0.717) is 0 Å². The molecule has 0 radical (unpaired) electrons. The van der Waals surface area contributed by atoms with Crippen molar-refractivity contribution in [1.82, 2.24) is 4.98 Å². The Morgan fingerprint density at radius 2 is 1.74 bits per heavy atom. The van der Waals surface area contributed by atoms with Gasteiger partial charge in [-0.1, -0.05) is 48.5 Å². The lowest BCUT2D eigenvalue weighted by Gasteiger charge is -2.09. The highest BCUT2D eigenvalue weighted by Gasteiger charge is 2.17. The Hall–Kier alpha value is -2.74. The van der Waals surface area contributed by atoms with Gasteiger partial charge in [-0.15, -0.1) is 0 Å². The van der Waals surface area contributed by atoms with E-state index < -0.39 is 0 Å². The lowest BCUT2D eigenvalue weighted by Crippen LogP contribution is -1.98. The van der Waals surface area contributed by atoms with Crippen LogP contribution in [0.5, 0.6) is 0 Å². The first-order valence-corrected chi connectivity index (χ1v) is 7.94. The first kappa shape index (κ1) is 13.9. The second-order valence-corrected chi connectivity index (χ2v) is 5.98. The summed E-state index contributed by atoms with van der Waals surface area (Å²) in [4.78, 5) is 16.0. The molecule has 0 amide bonds. The van der Waals surface area contributed by atoms with Gasteiger partial charge in [0.05, 0.1) is 0 Å². The van der Waals surface area contributed by atoms with Crippen LogP contribution >= 0.6 is 0 Å². The van der Waals surface area contributed by atoms with E-state index in [1.165, 1.54) is 22.3 Å². The zero-order chi connectivity index (χ0) is 15.6. The number of hydrogen-bond donors (Lipinski definition) is 0. The number of pyridine rings is 1. The van der Waals surface area contributed by atoms with Crippen LogP contribution in [-0.4, -0.2) is 11.3 Å². The van der Waals surface area contributed by atoms with Crippen LogP contribution < -0.4 is 0 Å². The van der Waals surface area contributed by atoms with E-state index in [9.17, 15) is 4.79 Å². The van der Waals surface area contributed by atoms with Crippen molar-refractivity contribution < 1.29 is 4.79 Å². The molecule has 2 nitrogen and oxygen atoms in total. The molecule has 3 aromatic rings. The summed E-state index contributed by atoms with van der Waals surface area (Å²) >= 11 is 0. The van der Waals surface area contributed by atoms with Gasteiger partial charge in [0.25, 0.3) is 0 Å². The SMILES string of the molecule is O=Cc1cccc2c1CCc1ncc(-c3ccccc3)cc1C2. The Morgan fingerprint density at radius 3 is 2.57 bits per heavy atom. The molecule has 1 aromatic heterocycles. The molecule has 1 heterocycles. The number of rotatable bonds is 2. The third-order valence-electron chi connectivity index (χ3n) is 4.60. The molecule has 2 aromatic carbocycles. The molecule has 1 aliphatic carbocycles. The quantitative estimate of drug-likeness (QED) is 0.662. The van der Waals surface area contributed by atoms with Crippen LogP contribution in [0.25, 0.3) is 11.1 Å². The van der Waals surface area contributed by atoms with Crippen LogP contribution in [0.15, 0.2) is 60.8 Å². The number of carbonyl (C=O) groups excluding carboxylic acids is 1. The molecule has 23 heavy (non-hydrogen) atoms. The molecule has 0 atom stereocenters. The second-order valence-electron chi connectivity index (χ2n) is 5.98. The lowest BCUT2D eigenvalue weighted by molar-refractivity contribution is 0.112. The summed E-state index contributed by atoms with van der Waals surface area (Å²) in [6, 6.07) is 18.6. The molecule has 2 heteroatoms. The largest absolute Gasteiger partial charge is 0.298 e. The van der Waals surface area contributed by atoms with Crippen LogP contribution in [0.3, 0.4) is 0 Å². The molecule has 4 rings (SSSR count). The molecule has 0 unspecified atom stereocenters. The first-order chi connectivity index (χ1) is 11.3. The molecule has 0 N–H and O–H groups in total. The highest BCUT2D eigenvalue weighted by molar-refractivity contribution is 5.78. The zero-order valence-corrected chi connectivity index (χ0v) is 12.8. The van der Waals surface area contributed by atoms with Crippen molar-refractivity contribution in [1.29, 1.82) is 0 Å². The molecule has 1 aliphatic rings. The predicted octanol–water partition coefficient (Wildman–Crippen LogP) is 4.25. The number of fused-ring (bicyclic) bond motifs is 2. The Kier molecular flexibility index (Phi) is 3.51. The number of aryl methyl sites for hydroxylation is 1. The van der Waals surface area contributed by atoms with Gasteiger partial charge in [-0.3, -0.25) is 9.78 Å². The monoisotopic (exact) mass is 299 g/mol. The fraction of sp³-hybridized carbons (Fsp3) is 0.143. The number of aromatic nitrogens is 1. The van der Waals surface area contributed by atoms with Gasteiger partial charge >= 0.3 is 0 Å². The van der Waals surface area contributed by atoms with Crippen molar-refractivity contribution in [3.63, 3.8) is 0 Å². The van der Waals surface area contributed by atoms with Crippen LogP contribution in [0, 0.1) is 0 Å². The lowest BCUT2D eigenvalue weighted by atomic mass is 9.96. The molecule has 112 valence electrons. The minimum atomic E-state index is 0.818. The fourth-order valence-corrected chi connectivity index (χ4v) is 3.39. The molecular formula is C21H17NO. The summed E-state index contributed by atoms with van der Waals surface area (Å²) in [5.74, 6) is 0. The molecule has 0 bridgehead atoms. The topological polar surface area (TPSA) is 30.0 Å². The summed E-state index contributed by atoms with van der Waals surface area (Å²) < 4.78 is 0. The number of hydrogen-bond acceptors (Lipinski definition) is 2. The standard InChI is InChI=1S/C21H17NO/c23-14-17-8-4-7-16-11-18-12-19(15-5-2-1-3-6-15)13-22-21(18)10-9-20(16)17/h1-8,12-14H,9-11H2. The Bertz CT molecular complexity index is 868. The summed E-state index contributed by atoms with van der Waals surface area (Å²) in [6.45, 7) is 0. The highest BCUT2D eigenvalue weighted by Crippen LogP contribution is 2.28. The molecular weight excluding hydrogens is 282 g/mol. The third kappa shape index (κ3) is 2.57. The van der Waals surface area contributed by atoms with Crippen molar-refractivity contribution in [2.75, 3.05) is 0 Å². The van der Waals surface area contributed by atoms with Crippen LogP contribution in [0.2, 0.25) is 0 Å². The number of nitrogens with zero attached hydrogens (tertiary/aromatic N) is 1. The van der Waals surface area contributed by atoms with E-state index in [1.54, 1.807) is 0 Å². The van der Waals surface area contributed by atoms with Gasteiger partial charge in [-0.25, -0.2) is 0 Å². The van der Waals surface area contributed by atoms with Gasteiger partial charge in [0.1, 0.15) is 6.29 Å². The van der Waals surface area contributed by atoms with Gasteiger partial charge < -0.3 is 0 Å². The Balaban J connectivity index is 1.78. The Labute approximate surface area is 135 Å². The Morgan fingerprint density at radius 1 is 0.870 bits per heavy atom. The maximum Gasteiger partial charge on any atom is 0.150 e. The van der Waals surface area contributed by atoms with Crippen LogP contribution in [0.4, 0.5) is 0 Å². The normalized spacial score (nSPS) is 12.9. The molecule has 0 saturated heterocycles. The van der Waals surface area contributed by atoms with Crippen molar-refractivity contribution in [2.24, 2.45) is 0 Å². The zero-order valence-electron chi connectivity index (χ0n) is 12.8. The van der Waals surface area contributed by atoms with Crippen LogP contribution in [0.1, 0.15) is 32.7 Å². The predicted molar refractivity (Wildman–Crippen MR) is 91.7 cm³/mol. The molecule has 0 aliphatic heterocycles. The first-order valence-electron chi connectivity index (χ1n) is 7.94. The van der Waals surface area contributed by atoms with E-state index in [0.717, 1.165) is 42.4 Å². The van der Waals surface area contributed by atoms with E-state index in [2.05, 4.69) is 24.3 Å². The maximum absolute atomic E-state index is 11.3. The van der Waals surface area contributed by atoms with Crippen LogP contribution in [-0.2, 0) is 19.3 Å². The smallest absolute Gasteiger partial charge is 0.150 e. The highest BCUT2D eigenvalue weighted by atomic mass is 16.1. The van der Waals surface area contributed by atoms with Crippen molar-refractivity contribution in [2.45, 2.75) is 19.3 Å². The van der Waals surface area contributed by atoms with Gasteiger partial charge in [0.15, 0.2) is 0 Å². The average molecular weight is 299 g/mol. The minimum Gasteiger partial charge on any atom is -0.298 e. The summed E-state index contributed by atoms with van der Waals surface area (Å²) in [6.07, 6.45) is 5.56. The molecule has 0 spiro atoms. The number of carbonyl (C=O) groups is 1. The van der Waals surface area contributed by atoms with Gasteiger partial charge in [0, 0.05) is 23.0 Å². The number of aldehydes is 1. The van der Waals surface area contributed by atoms with Crippen molar-refractivity contribution in [3.8, 4) is 11.1 Å². The minimum absolute atomic E-state index is 0.818. The maximum atomic E-state index is 11.3. The third-order valence-corrected chi connectivity index (χ3v) is 4.60. The van der Waals surface area contributed by atoms with Gasteiger partial charge in [0.2, 0.25) is 0 Å². The van der Waals surface area contributed by atoms with Crippen molar-refractivity contribution >= 4 is 6.29 Å². The summed E-state index contributed by atoms with van der Waals surface area (Å²) in [5, 5.41) is 0. The average Bonchev–Trinajstić information content (AvgIpc) is 2.80.